The van der Waals surface area contributed by atoms with Gasteiger partial charge in [0.15, 0.2) is 0 Å². The molecule has 0 saturated carbocycles. The number of anilines is 1. The quantitative estimate of drug-likeness (QED) is 0.630. The van der Waals surface area contributed by atoms with Gasteiger partial charge >= 0.3 is 0 Å². The predicted octanol–water partition coefficient (Wildman–Crippen LogP) is 4.31. The van der Waals surface area contributed by atoms with Crippen LogP contribution in [0.25, 0.3) is 0 Å². The summed E-state index contributed by atoms with van der Waals surface area (Å²) in [5.41, 5.74) is 1.05. The molecule has 0 radical (unpaired) electrons. The van der Waals surface area contributed by atoms with Crippen molar-refractivity contribution in [1.82, 2.24) is 10.3 Å². The Balaban J connectivity index is 1.92. The molecule has 0 saturated heterocycles. The van der Waals surface area contributed by atoms with E-state index in [0.717, 1.165) is 5.56 Å². The number of carbonyl (C=O) groups is 2. The molecule has 7 heteroatoms. The van der Waals surface area contributed by atoms with Crippen molar-refractivity contribution in [2.75, 3.05) is 18.5 Å². The van der Waals surface area contributed by atoms with Crippen LogP contribution in [-0.2, 0) is 10.5 Å². The number of aromatic nitrogens is 1. The maximum absolute atomic E-state index is 14.0. The fraction of sp³-hybridized carbons (Fsp3) is 0.435. The molecule has 1 heterocycles. The van der Waals surface area contributed by atoms with Crippen LogP contribution in [0.15, 0.2) is 30.3 Å². The van der Waals surface area contributed by atoms with Crippen LogP contribution in [0.1, 0.15) is 54.9 Å². The van der Waals surface area contributed by atoms with Crippen molar-refractivity contribution in [1.29, 1.82) is 0 Å². The Morgan fingerprint density at radius 2 is 1.87 bits per heavy atom. The summed E-state index contributed by atoms with van der Waals surface area (Å²) in [5.74, 6) is 0.369. The minimum Gasteiger partial charge on any atom is -0.491 e. The lowest BCUT2D eigenvalue weighted by Crippen LogP contribution is -2.28. The van der Waals surface area contributed by atoms with Gasteiger partial charge in [-0.25, -0.2) is 9.37 Å². The normalized spacial score (nSPS) is 11.3. The highest BCUT2D eigenvalue weighted by Crippen LogP contribution is 2.28. The number of aryl methyl sites for hydroxylation is 2. The van der Waals surface area contributed by atoms with Crippen molar-refractivity contribution < 1.29 is 18.7 Å². The molecule has 0 aliphatic carbocycles. The van der Waals surface area contributed by atoms with Gasteiger partial charge in [-0.2, -0.15) is 0 Å². The Bertz CT molecular complexity index is 920. The largest absolute Gasteiger partial charge is 0.491 e. The van der Waals surface area contributed by atoms with E-state index in [1.54, 1.807) is 51.1 Å². The molecule has 0 unspecified atom stereocenters. The number of amides is 2. The van der Waals surface area contributed by atoms with Crippen molar-refractivity contribution in [2.24, 2.45) is 5.92 Å². The molecule has 0 atom stereocenters. The van der Waals surface area contributed by atoms with Gasteiger partial charge in [0.05, 0.1) is 6.54 Å². The van der Waals surface area contributed by atoms with Gasteiger partial charge in [0.1, 0.15) is 23.8 Å². The molecule has 0 fully saturated rings. The summed E-state index contributed by atoms with van der Waals surface area (Å²) in [6.45, 7) is 10.8. The SMILES string of the molecule is Cc1cc(C(=O)NCCOc2ccc(C(C)(C)F)cc2C)cc(NC(=O)C(C)C)n1. The second kappa shape index (κ2) is 9.69. The van der Waals surface area contributed by atoms with E-state index >= 15 is 0 Å². The highest BCUT2D eigenvalue weighted by Gasteiger charge is 2.19. The Labute approximate surface area is 177 Å². The van der Waals surface area contributed by atoms with Gasteiger partial charge in [0.25, 0.3) is 5.91 Å². The van der Waals surface area contributed by atoms with E-state index in [9.17, 15) is 14.0 Å². The topological polar surface area (TPSA) is 80.3 Å². The molecule has 2 N–H and O–H groups in total. The van der Waals surface area contributed by atoms with Crippen LogP contribution < -0.4 is 15.4 Å². The van der Waals surface area contributed by atoms with Gasteiger partial charge in [-0.3, -0.25) is 9.59 Å². The van der Waals surface area contributed by atoms with Crippen LogP contribution in [0.2, 0.25) is 0 Å². The third kappa shape index (κ3) is 6.54. The molecular formula is C23H30FN3O3. The number of ether oxygens (including phenoxy) is 1. The van der Waals surface area contributed by atoms with Gasteiger partial charge in [-0.15, -0.1) is 0 Å². The number of hydrogen-bond acceptors (Lipinski definition) is 4. The lowest BCUT2D eigenvalue weighted by molar-refractivity contribution is -0.118. The summed E-state index contributed by atoms with van der Waals surface area (Å²) in [5, 5.41) is 5.50. The van der Waals surface area contributed by atoms with Crippen molar-refractivity contribution in [3.63, 3.8) is 0 Å². The highest BCUT2D eigenvalue weighted by molar-refractivity contribution is 5.97. The summed E-state index contributed by atoms with van der Waals surface area (Å²) in [6.07, 6.45) is 0. The Morgan fingerprint density at radius 1 is 1.17 bits per heavy atom. The number of benzene rings is 1. The highest BCUT2D eigenvalue weighted by atomic mass is 19.1. The summed E-state index contributed by atoms with van der Waals surface area (Å²) in [4.78, 5) is 28.6. The van der Waals surface area contributed by atoms with Crippen molar-refractivity contribution in [3.05, 3.63) is 52.7 Å². The molecule has 0 aliphatic rings. The van der Waals surface area contributed by atoms with E-state index in [1.165, 1.54) is 13.8 Å². The van der Waals surface area contributed by atoms with E-state index in [1.807, 2.05) is 6.92 Å². The summed E-state index contributed by atoms with van der Waals surface area (Å²) >= 11 is 0. The summed E-state index contributed by atoms with van der Waals surface area (Å²) in [7, 11) is 0. The van der Waals surface area contributed by atoms with Crippen molar-refractivity contribution in [3.8, 4) is 5.75 Å². The van der Waals surface area contributed by atoms with Crippen LogP contribution in [0, 0.1) is 19.8 Å². The molecule has 0 aliphatic heterocycles. The van der Waals surface area contributed by atoms with Crippen LogP contribution in [0.3, 0.4) is 0 Å². The minimum absolute atomic E-state index is 0.162. The number of hydrogen-bond donors (Lipinski definition) is 2. The number of halogens is 1. The second-order valence-corrected chi connectivity index (χ2v) is 8.08. The molecule has 0 spiro atoms. The van der Waals surface area contributed by atoms with E-state index in [0.29, 0.717) is 34.9 Å². The van der Waals surface area contributed by atoms with Crippen LogP contribution >= 0.6 is 0 Å². The molecule has 162 valence electrons. The number of nitrogens with one attached hydrogen (secondary N) is 2. The smallest absolute Gasteiger partial charge is 0.251 e. The molecule has 0 bridgehead atoms. The van der Waals surface area contributed by atoms with Gasteiger partial charge in [-0.05, 0) is 63.1 Å². The molecule has 1 aromatic heterocycles. The van der Waals surface area contributed by atoms with Crippen molar-refractivity contribution in [2.45, 2.75) is 47.2 Å². The molecule has 6 nitrogen and oxygen atoms in total. The Kier molecular flexibility index (Phi) is 7.54. The van der Waals surface area contributed by atoms with Gasteiger partial charge in [0, 0.05) is 17.2 Å². The third-order valence-electron chi connectivity index (χ3n) is 4.50. The number of alkyl halides is 1. The monoisotopic (exact) mass is 415 g/mol. The molecule has 2 amide bonds. The number of pyridine rings is 1. The first-order chi connectivity index (χ1) is 14.0. The van der Waals surface area contributed by atoms with E-state index < -0.39 is 5.67 Å². The number of carbonyl (C=O) groups excluding carboxylic acids is 2. The third-order valence-corrected chi connectivity index (χ3v) is 4.50. The lowest BCUT2D eigenvalue weighted by atomic mass is 9.98. The van der Waals surface area contributed by atoms with Gasteiger partial charge in [-0.1, -0.05) is 19.9 Å². The molecule has 30 heavy (non-hydrogen) atoms. The minimum atomic E-state index is -1.41. The van der Waals surface area contributed by atoms with Gasteiger partial charge in [0.2, 0.25) is 5.91 Å². The number of rotatable bonds is 8. The molecule has 1 aromatic carbocycles. The summed E-state index contributed by atoms with van der Waals surface area (Å²) in [6, 6.07) is 8.41. The first-order valence-electron chi connectivity index (χ1n) is 9.98. The average Bonchev–Trinajstić information content (AvgIpc) is 2.64. The number of nitrogens with zero attached hydrogens (tertiary/aromatic N) is 1. The fourth-order valence-corrected chi connectivity index (χ4v) is 2.74. The Morgan fingerprint density at radius 3 is 2.47 bits per heavy atom. The van der Waals surface area contributed by atoms with Crippen molar-refractivity contribution >= 4 is 17.6 Å². The lowest BCUT2D eigenvalue weighted by Gasteiger charge is -2.17. The maximum Gasteiger partial charge on any atom is 0.251 e. The standard InChI is InChI=1S/C23H30FN3O3/c1-14(2)21(28)27-20-13-17(12-16(4)26-20)22(29)25-9-10-30-19-8-7-18(11-15(19)3)23(5,6)24/h7-8,11-14H,9-10H2,1-6H3,(H,25,29)(H,26,27,28). The molecular weight excluding hydrogens is 385 g/mol. The second-order valence-electron chi connectivity index (χ2n) is 8.08. The van der Waals surface area contributed by atoms with Crippen LogP contribution in [0.4, 0.5) is 10.2 Å². The Hall–Kier alpha value is -2.96. The van der Waals surface area contributed by atoms with E-state index in [-0.39, 0.29) is 24.3 Å². The first-order valence-corrected chi connectivity index (χ1v) is 9.98. The maximum atomic E-state index is 14.0. The fourth-order valence-electron chi connectivity index (χ4n) is 2.74. The predicted molar refractivity (Wildman–Crippen MR) is 116 cm³/mol. The zero-order valence-corrected chi connectivity index (χ0v) is 18.4. The average molecular weight is 416 g/mol. The zero-order valence-electron chi connectivity index (χ0n) is 18.4. The van der Waals surface area contributed by atoms with Crippen LogP contribution in [-0.4, -0.2) is 29.9 Å². The first kappa shape index (κ1) is 23.3. The van der Waals surface area contributed by atoms with Gasteiger partial charge < -0.3 is 15.4 Å². The van der Waals surface area contributed by atoms with E-state index in [4.69, 9.17) is 4.74 Å². The molecule has 2 aromatic rings. The van der Waals surface area contributed by atoms with Crippen LogP contribution in [0.5, 0.6) is 5.75 Å². The zero-order chi connectivity index (χ0) is 22.5. The summed E-state index contributed by atoms with van der Waals surface area (Å²) < 4.78 is 19.8. The van der Waals surface area contributed by atoms with E-state index in [2.05, 4.69) is 15.6 Å². The molecule has 2 rings (SSSR count).